The van der Waals surface area contributed by atoms with Crippen molar-refractivity contribution < 1.29 is 23.5 Å². The van der Waals surface area contributed by atoms with Crippen LogP contribution >= 0.6 is 7.60 Å². The van der Waals surface area contributed by atoms with Gasteiger partial charge >= 0.3 is 7.60 Å². The average Bonchev–Trinajstić information content (AvgIpc) is 2.72. The Labute approximate surface area is 208 Å². The van der Waals surface area contributed by atoms with Crippen molar-refractivity contribution >= 4 is 13.7 Å². The number of rotatable bonds is 13. The summed E-state index contributed by atoms with van der Waals surface area (Å²) in [5.74, 6) is 0.720. The molecule has 0 aliphatic carbocycles. The molecule has 0 aromatic heterocycles. The predicted octanol–water partition coefficient (Wildman–Crippen LogP) is 6.83. The first-order valence-corrected chi connectivity index (χ1v) is 14.1. The Morgan fingerprint density at radius 3 is 2.00 bits per heavy atom. The van der Waals surface area contributed by atoms with Crippen LogP contribution in [0, 0.1) is 11.3 Å². The number of aliphatic hydroxyl groups excluding tert-OH is 1. The van der Waals surface area contributed by atoms with Gasteiger partial charge in [0.15, 0.2) is 6.35 Å². The molecule has 34 heavy (non-hydrogen) atoms. The highest BCUT2D eigenvalue weighted by atomic mass is 31.2. The molecule has 0 heterocycles. The number of ether oxygens (including phenoxy) is 1. The molecule has 0 aliphatic heterocycles. The minimum Gasteiger partial charge on any atom is -0.481 e. The van der Waals surface area contributed by atoms with E-state index in [1.807, 2.05) is 24.3 Å². The molecule has 1 unspecified atom stereocenters. The van der Waals surface area contributed by atoms with Crippen LogP contribution in [0.3, 0.4) is 0 Å². The molecule has 0 fully saturated rings. The minimum absolute atomic E-state index is 0.0304. The normalized spacial score (nSPS) is 16.1. The second kappa shape index (κ2) is 13.2. The molecule has 0 spiro atoms. The van der Waals surface area contributed by atoms with Crippen molar-refractivity contribution in [2.24, 2.45) is 11.3 Å². The standard InChI is InChI=1S/C27H48NO5P/c1-11-32-34(30,33-12-2)20-31-23-18-16-22(17-19-23)15-13-14-21(3)24(29)25(26(4,5)6)28(10)27(7,8)9/h13,15-19,21,24-25,29H,11-12,14,20H2,1-10H3/b15-13+/t21-,24-,25?/m1/s1. The van der Waals surface area contributed by atoms with E-state index in [-0.39, 0.29) is 29.3 Å². The van der Waals surface area contributed by atoms with Gasteiger partial charge in [-0.25, -0.2) is 0 Å². The summed E-state index contributed by atoms with van der Waals surface area (Å²) in [7, 11) is -1.13. The molecule has 1 N–H and O–H groups in total. The van der Waals surface area contributed by atoms with E-state index in [2.05, 4.69) is 72.6 Å². The van der Waals surface area contributed by atoms with Gasteiger partial charge in [0.2, 0.25) is 0 Å². The van der Waals surface area contributed by atoms with Crippen LogP contribution in [0.25, 0.3) is 6.08 Å². The van der Waals surface area contributed by atoms with Crippen molar-refractivity contribution in [2.75, 3.05) is 26.6 Å². The molecule has 7 heteroatoms. The lowest BCUT2D eigenvalue weighted by Crippen LogP contribution is -2.57. The third-order valence-electron chi connectivity index (χ3n) is 6.01. The molecule has 6 nitrogen and oxygen atoms in total. The zero-order chi connectivity index (χ0) is 26.2. The van der Waals surface area contributed by atoms with Crippen LogP contribution in [0.2, 0.25) is 0 Å². The van der Waals surface area contributed by atoms with Crippen molar-refractivity contribution in [3.8, 4) is 5.75 Å². The van der Waals surface area contributed by atoms with E-state index >= 15 is 0 Å². The van der Waals surface area contributed by atoms with Gasteiger partial charge in [0.1, 0.15) is 5.75 Å². The number of nitrogens with zero attached hydrogens (tertiary/aromatic N) is 1. The maximum absolute atomic E-state index is 12.5. The zero-order valence-electron chi connectivity index (χ0n) is 23.0. The molecule has 1 rings (SSSR count). The lowest BCUT2D eigenvalue weighted by Gasteiger charge is -2.48. The van der Waals surface area contributed by atoms with E-state index in [4.69, 9.17) is 13.8 Å². The molecule has 196 valence electrons. The van der Waals surface area contributed by atoms with E-state index < -0.39 is 13.7 Å². The molecule has 0 saturated heterocycles. The van der Waals surface area contributed by atoms with Gasteiger partial charge in [-0.15, -0.1) is 0 Å². The SMILES string of the molecule is CCOP(=O)(COc1ccc(/C=C/C[C@@H](C)[C@@H](O)C(N(C)C(C)(C)C)C(C)(C)C)cc1)OCC. The monoisotopic (exact) mass is 497 g/mol. The largest absolute Gasteiger partial charge is 0.481 e. The summed E-state index contributed by atoms with van der Waals surface area (Å²) in [4.78, 5) is 2.30. The highest BCUT2D eigenvalue weighted by Crippen LogP contribution is 2.47. The number of hydrogen-bond donors (Lipinski definition) is 1. The lowest BCUT2D eigenvalue weighted by molar-refractivity contribution is -0.0571. The summed E-state index contributed by atoms with van der Waals surface area (Å²) in [6, 6.07) is 7.62. The molecular formula is C27H48NO5P. The highest BCUT2D eigenvalue weighted by molar-refractivity contribution is 7.53. The van der Waals surface area contributed by atoms with Gasteiger partial charge in [-0.05, 0) is 77.1 Å². The maximum atomic E-state index is 12.5. The summed E-state index contributed by atoms with van der Waals surface area (Å²) in [5.41, 5.74) is 0.951. The fraction of sp³-hybridized carbons (Fsp3) is 0.704. The third kappa shape index (κ3) is 9.83. The first-order chi connectivity index (χ1) is 15.6. The number of allylic oxidation sites excluding steroid dienone is 1. The van der Waals surface area contributed by atoms with Crippen LogP contribution in [0.1, 0.15) is 74.3 Å². The Bertz CT molecular complexity index is 785. The molecule has 0 saturated carbocycles. The Hall–Kier alpha value is -1.17. The maximum Gasteiger partial charge on any atom is 0.367 e. The number of aliphatic hydroxyl groups is 1. The highest BCUT2D eigenvalue weighted by Gasteiger charge is 2.40. The predicted molar refractivity (Wildman–Crippen MR) is 142 cm³/mol. The smallest absolute Gasteiger partial charge is 0.367 e. The van der Waals surface area contributed by atoms with Gasteiger partial charge in [-0.1, -0.05) is 52.0 Å². The topological polar surface area (TPSA) is 68.2 Å². The molecule has 0 amide bonds. The van der Waals surface area contributed by atoms with E-state index in [9.17, 15) is 9.67 Å². The van der Waals surface area contributed by atoms with Crippen molar-refractivity contribution in [1.29, 1.82) is 0 Å². The van der Waals surface area contributed by atoms with Crippen molar-refractivity contribution in [2.45, 2.75) is 86.4 Å². The van der Waals surface area contributed by atoms with Crippen molar-refractivity contribution in [3.63, 3.8) is 0 Å². The number of benzene rings is 1. The second-order valence-corrected chi connectivity index (χ2v) is 13.0. The lowest BCUT2D eigenvalue weighted by atomic mass is 9.76. The van der Waals surface area contributed by atoms with Gasteiger partial charge in [0, 0.05) is 11.6 Å². The number of hydrogen-bond acceptors (Lipinski definition) is 6. The van der Waals surface area contributed by atoms with Crippen molar-refractivity contribution in [3.05, 3.63) is 35.9 Å². The van der Waals surface area contributed by atoms with Crippen LogP contribution in [0.5, 0.6) is 5.75 Å². The van der Waals surface area contributed by atoms with Gasteiger partial charge in [-0.2, -0.15) is 0 Å². The molecule has 0 aliphatic rings. The summed E-state index contributed by atoms with van der Waals surface area (Å²) in [5, 5.41) is 11.2. The molecule has 1 aromatic carbocycles. The Balaban J connectivity index is 2.75. The minimum atomic E-state index is -3.24. The summed E-state index contributed by atoms with van der Waals surface area (Å²) >= 11 is 0. The Morgan fingerprint density at radius 2 is 1.56 bits per heavy atom. The molecule has 3 atom stereocenters. The average molecular weight is 498 g/mol. The van der Waals surface area contributed by atoms with E-state index in [0.717, 1.165) is 12.0 Å². The fourth-order valence-electron chi connectivity index (χ4n) is 3.94. The van der Waals surface area contributed by atoms with Gasteiger partial charge in [0.25, 0.3) is 0 Å². The summed E-state index contributed by atoms with van der Waals surface area (Å²) < 4.78 is 28.7. The van der Waals surface area contributed by atoms with Gasteiger partial charge < -0.3 is 18.9 Å². The first kappa shape index (κ1) is 30.9. The van der Waals surface area contributed by atoms with Gasteiger partial charge in [-0.3, -0.25) is 9.46 Å². The Kier molecular flexibility index (Phi) is 12.0. The Morgan fingerprint density at radius 1 is 1.03 bits per heavy atom. The quantitative estimate of drug-likeness (QED) is 0.301. The van der Waals surface area contributed by atoms with Crippen LogP contribution in [-0.4, -0.2) is 54.3 Å². The molecule has 1 aromatic rings. The van der Waals surface area contributed by atoms with E-state index in [1.165, 1.54) is 0 Å². The van der Waals surface area contributed by atoms with Crippen LogP contribution in [-0.2, 0) is 13.6 Å². The molecule has 0 bridgehead atoms. The first-order valence-electron chi connectivity index (χ1n) is 12.3. The van der Waals surface area contributed by atoms with Crippen LogP contribution < -0.4 is 4.74 Å². The van der Waals surface area contributed by atoms with Gasteiger partial charge in [0.05, 0.1) is 19.3 Å². The van der Waals surface area contributed by atoms with Crippen LogP contribution in [0.15, 0.2) is 30.3 Å². The zero-order valence-corrected chi connectivity index (χ0v) is 23.9. The summed E-state index contributed by atoms with van der Waals surface area (Å²) in [6.07, 6.45) is 4.38. The van der Waals surface area contributed by atoms with E-state index in [1.54, 1.807) is 13.8 Å². The molecule has 0 radical (unpaired) electrons. The third-order valence-corrected chi connectivity index (χ3v) is 7.76. The summed E-state index contributed by atoms with van der Waals surface area (Å²) in [6.45, 7) is 19.4. The van der Waals surface area contributed by atoms with E-state index in [0.29, 0.717) is 19.0 Å². The molecular weight excluding hydrogens is 449 g/mol. The van der Waals surface area contributed by atoms with Crippen molar-refractivity contribution in [1.82, 2.24) is 4.90 Å². The van der Waals surface area contributed by atoms with Crippen LogP contribution in [0.4, 0.5) is 0 Å². The fourth-order valence-corrected chi connectivity index (χ4v) is 5.26. The second-order valence-electron chi connectivity index (χ2n) is 11.0. The number of likely N-dealkylation sites (N-methyl/N-ethyl adjacent to an activating group) is 1.